The van der Waals surface area contributed by atoms with Crippen molar-refractivity contribution in [2.24, 2.45) is 17.8 Å². The summed E-state index contributed by atoms with van der Waals surface area (Å²) in [5, 5.41) is 3.99. The van der Waals surface area contributed by atoms with E-state index in [1.165, 1.54) is 4.90 Å². The van der Waals surface area contributed by atoms with Gasteiger partial charge in [-0.25, -0.2) is 0 Å². The van der Waals surface area contributed by atoms with Crippen LogP contribution < -0.4 is 5.32 Å². The Balaban J connectivity index is 1.69. The summed E-state index contributed by atoms with van der Waals surface area (Å²) in [4.78, 5) is 40.0. The molecule has 1 fully saturated rings. The van der Waals surface area contributed by atoms with Gasteiger partial charge in [0.1, 0.15) is 6.04 Å². The van der Waals surface area contributed by atoms with Gasteiger partial charge >= 0.3 is 0 Å². The standard InChI is InChI=1S/C22H26Cl2N2O3/c1-13(2)11-19(26-21(28)16-5-3-4-6-17(16)22(26)29)20(27)25-10-9-14-7-8-15(23)12-18(14)24/h3-4,7-8,12-13,16-17,19H,5-6,9-11H2,1-2H3,(H,25,27). The lowest BCUT2D eigenvalue weighted by molar-refractivity contribution is -0.148. The third kappa shape index (κ3) is 4.84. The number of carbonyl (C=O) groups is 3. The quantitative estimate of drug-likeness (QED) is 0.518. The van der Waals surface area contributed by atoms with Gasteiger partial charge in [0, 0.05) is 16.6 Å². The first-order chi connectivity index (χ1) is 13.8. The van der Waals surface area contributed by atoms with Gasteiger partial charge in [-0.3, -0.25) is 19.3 Å². The molecular weight excluding hydrogens is 411 g/mol. The van der Waals surface area contributed by atoms with Crippen LogP contribution >= 0.6 is 23.2 Å². The Hall–Kier alpha value is -1.85. The van der Waals surface area contributed by atoms with Crippen molar-refractivity contribution in [2.45, 2.75) is 45.6 Å². The molecule has 1 aliphatic carbocycles. The fourth-order valence-electron chi connectivity index (χ4n) is 4.07. The summed E-state index contributed by atoms with van der Waals surface area (Å²) < 4.78 is 0. The number of imide groups is 1. The maximum Gasteiger partial charge on any atom is 0.243 e. The summed E-state index contributed by atoms with van der Waals surface area (Å²) >= 11 is 12.1. The van der Waals surface area contributed by atoms with E-state index in [4.69, 9.17) is 23.2 Å². The molecule has 3 amide bonds. The van der Waals surface area contributed by atoms with E-state index in [2.05, 4.69) is 5.32 Å². The number of allylic oxidation sites excluding steroid dienone is 2. The molecule has 1 heterocycles. The molecule has 1 aromatic carbocycles. The Labute approximate surface area is 181 Å². The molecule has 1 aliphatic heterocycles. The van der Waals surface area contributed by atoms with Crippen molar-refractivity contribution in [3.05, 3.63) is 46.0 Å². The lowest BCUT2D eigenvalue weighted by Gasteiger charge is -2.27. The first-order valence-corrected chi connectivity index (χ1v) is 10.8. The Morgan fingerprint density at radius 3 is 2.31 bits per heavy atom. The van der Waals surface area contributed by atoms with Crippen molar-refractivity contribution in [1.82, 2.24) is 10.2 Å². The zero-order valence-electron chi connectivity index (χ0n) is 16.7. The monoisotopic (exact) mass is 436 g/mol. The lowest BCUT2D eigenvalue weighted by atomic mass is 9.85. The van der Waals surface area contributed by atoms with E-state index >= 15 is 0 Å². The highest BCUT2D eigenvalue weighted by atomic mass is 35.5. The topological polar surface area (TPSA) is 66.5 Å². The smallest absolute Gasteiger partial charge is 0.243 e. The summed E-state index contributed by atoms with van der Waals surface area (Å²) in [6.07, 6.45) is 6.01. The average Bonchev–Trinajstić information content (AvgIpc) is 2.92. The molecule has 1 saturated heterocycles. The number of carbonyl (C=O) groups excluding carboxylic acids is 3. The third-order valence-corrected chi connectivity index (χ3v) is 6.15. The van der Waals surface area contributed by atoms with Gasteiger partial charge in [0.2, 0.25) is 17.7 Å². The van der Waals surface area contributed by atoms with E-state index in [9.17, 15) is 14.4 Å². The number of nitrogens with one attached hydrogen (secondary N) is 1. The Bertz CT molecular complexity index is 811. The maximum absolute atomic E-state index is 13.0. The van der Waals surface area contributed by atoms with Crippen LogP contribution in [0.3, 0.4) is 0 Å². The Morgan fingerprint density at radius 1 is 1.14 bits per heavy atom. The summed E-state index contributed by atoms with van der Waals surface area (Å²) in [5.74, 6) is -1.22. The largest absolute Gasteiger partial charge is 0.354 e. The minimum atomic E-state index is -0.777. The zero-order valence-corrected chi connectivity index (χ0v) is 18.2. The van der Waals surface area contributed by atoms with Gasteiger partial charge in [0.15, 0.2) is 0 Å². The highest BCUT2D eigenvalue weighted by Gasteiger charge is 2.51. The van der Waals surface area contributed by atoms with Gasteiger partial charge in [-0.15, -0.1) is 0 Å². The van der Waals surface area contributed by atoms with Gasteiger partial charge in [-0.1, -0.05) is 55.3 Å². The molecule has 29 heavy (non-hydrogen) atoms. The van der Waals surface area contributed by atoms with Crippen molar-refractivity contribution >= 4 is 40.9 Å². The Kier molecular flexibility index (Phi) is 7.01. The summed E-state index contributed by atoms with van der Waals surface area (Å²) in [5.41, 5.74) is 0.877. The van der Waals surface area contributed by atoms with Gasteiger partial charge in [0.25, 0.3) is 0 Å². The number of hydrogen-bond acceptors (Lipinski definition) is 3. The van der Waals surface area contributed by atoms with Crippen LogP contribution in [0.15, 0.2) is 30.4 Å². The van der Waals surface area contributed by atoms with Crippen LogP contribution in [0.2, 0.25) is 10.0 Å². The number of amides is 3. The number of hydrogen-bond donors (Lipinski definition) is 1. The summed E-state index contributed by atoms with van der Waals surface area (Å²) in [6.45, 7) is 4.32. The van der Waals surface area contributed by atoms with Crippen LogP contribution in [-0.2, 0) is 20.8 Å². The van der Waals surface area contributed by atoms with Crippen molar-refractivity contribution in [3.63, 3.8) is 0 Å². The molecule has 0 saturated carbocycles. The molecule has 3 unspecified atom stereocenters. The van der Waals surface area contributed by atoms with E-state index in [0.717, 1.165) is 5.56 Å². The van der Waals surface area contributed by atoms with E-state index in [1.54, 1.807) is 12.1 Å². The molecule has 0 radical (unpaired) electrons. The van der Waals surface area contributed by atoms with Crippen LogP contribution in [0.5, 0.6) is 0 Å². The minimum Gasteiger partial charge on any atom is -0.354 e. The number of fused-ring (bicyclic) bond motifs is 1. The predicted octanol–water partition coefficient (Wildman–Crippen LogP) is 4.02. The highest BCUT2D eigenvalue weighted by Crippen LogP contribution is 2.37. The second-order valence-corrected chi connectivity index (χ2v) is 8.97. The molecule has 3 rings (SSSR count). The van der Waals surface area contributed by atoms with E-state index in [-0.39, 0.29) is 35.5 Å². The normalized spacial score (nSPS) is 22.2. The first kappa shape index (κ1) is 21.8. The van der Waals surface area contributed by atoms with Crippen LogP contribution in [0.4, 0.5) is 0 Å². The molecule has 3 atom stereocenters. The highest BCUT2D eigenvalue weighted by molar-refractivity contribution is 6.35. The number of likely N-dealkylation sites (tertiary alicyclic amines) is 1. The van der Waals surface area contributed by atoms with E-state index in [0.29, 0.717) is 42.3 Å². The molecular formula is C22H26Cl2N2O3. The number of rotatable bonds is 7. The number of nitrogens with zero attached hydrogens (tertiary/aromatic N) is 1. The molecule has 2 aliphatic rings. The molecule has 7 heteroatoms. The Morgan fingerprint density at radius 2 is 1.76 bits per heavy atom. The number of benzene rings is 1. The zero-order chi connectivity index (χ0) is 21.1. The fourth-order valence-corrected chi connectivity index (χ4v) is 4.57. The number of halogens is 2. The van der Waals surface area contributed by atoms with Crippen molar-refractivity contribution in [3.8, 4) is 0 Å². The van der Waals surface area contributed by atoms with Crippen molar-refractivity contribution in [2.75, 3.05) is 6.54 Å². The molecule has 5 nitrogen and oxygen atoms in total. The average molecular weight is 437 g/mol. The third-order valence-electron chi connectivity index (χ3n) is 5.56. The molecule has 156 valence electrons. The second-order valence-electron chi connectivity index (χ2n) is 8.12. The predicted molar refractivity (Wildman–Crippen MR) is 114 cm³/mol. The van der Waals surface area contributed by atoms with Crippen LogP contribution in [-0.4, -0.2) is 35.2 Å². The maximum atomic E-state index is 13.0. The van der Waals surface area contributed by atoms with Crippen molar-refractivity contribution < 1.29 is 14.4 Å². The SMILES string of the molecule is CC(C)CC(C(=O)NCCc1ccc(Cl)cc1Cl)N1C(=O)C2CC=CCC2C1=O. The summed E-state index contributed by atoms with van der Waals surface area (Å²) in [7, 11) is 0. The summed E-state index contributed by atoms with van der Waals surface area (Å²) in [6, 6.07) is 4.47. The lowest BCUT2D eigenvalue weighted by Crippen LogP contribution is -2.51. The van der Waals surface area contributed by atoms with Crippen LogP contribution in [0.25, 0.3) is 0 Å². The molecule has 1 N–H and O–H groups in total. The van der Waals surface area contributed by atoms with Gasteiger partial charge in [0.05, 0.1) is 11.8 Å². The van der Waals surface area contributed by atoms with Crippen LogP contribution in [0, 0.1) is 17.8 Å². The van der Waals surface area contributed by atoms with E-state index in [1.807, 2.05) is 32.1 Å². The second kappa shape index (κ2) is 9.31. The molecule has 0 aromatic heterocycles. The fraction of sp³-hybridized carbons (Fsp3) is 0.500. The van der Waals surface area contributed by atoms with Gasteiger partial charge in [-0.2, -0.15) is 0 Å². The molecule has 1 aromatic rings. The van der Waals surface area contributed by atoms with Crippen LogP contribution in [0.1, 0.15) is 38.7 Å². The minimum absolute atomic E-state index is 0.165. The molecule has 0 bridgehead atoms. The van der Waals surface area contributed by atoms with Gasteiger partial charge < -0.3 is 5.32 Å². The van der Waals surface area contributed by atoms with Gasteiger partial charge in [-0.05, 0) is 49.3 Å². The first-order valence-electron chi connectivity index (χ1n) is 10.0. The molecule has 0 spiro atoms. The van der Waals surface area contributed by atoms with Crippen molar-refractivity contribution in [1.29, 1.82) is 0 Å². The van der Waals surface area contributed by atoms with E-state index < -0.39 is 6.04 Å².